The number of ketones is 1. The second-order valence-electron chi connectivity index (χ2n) is 8.24. The molecule has 3 atom stereocenters. The number of phenols is 1. The van der Waals surface area contributed by atoms with Gasteiger partial charge in [-0.1, -0.05) is 12.1 Å². The van der Waals surface area contributed by atoms with Gasteiger partial charge in [-0.15, -0.1) is 11.3 Å². The predicted octanol–water partition coefficient (Wildman–Crippen LogP) is 2.11. The standard InChI is InChI=1S/C24H24N4O5S/c1-14-24(2,20(30)12-33-14)28-22(32)18(10-15-5-7-17(29)8-6-15)26-21(31)19-13-34-23(27-19)16-4-3-9-25-11-16/h3-9,11,13-14,18,29H,10,12H2,1-2H3,(H,26,31)(H,28,32)/t14-,18-,24-/m1/s1. The van der Waals surface area contributed by atoms with E-state index >= 15 is 0 Å². The van der Waals surface area contributed by atoms with Crippen molar-refractivity contribution in [2.24, 2.45) is 0 Å². The quantitative estimate of drug-likeness (QED) is 0.472. The Labute approximate surface area is 200 Å². The van der Waals surface area contributed by atoms with E-state index in [2.05, 4.69) is 20.6 Å². The lowest BCUT2D eigenvalue weighted by molar-refractivity contribution is -0.130. The number of benzene rings is 1. The van der Waals surface area contributed by atoms with Crippen molar-refractivity contribution in [2.45, 2.75) is 38.0 Å². The van der Waals surface area contributed by atoms with Gasteiger partial charge in [-0.2, -0.15) is 0 Å². The SMILES string of the molecule is C[C@H]1OCC(=O)[C@]1(C)NC(=O)[C@@H](Cc1ccc(O)cc1)NC(=O)c1csc(-c2cccnc2)n1. The molecule has 1 fully saturated rings. The van der Waals surface area contributed by atoms with Crippen LogP contribution in [0.5, 0.6) is 5.75 Å². The predicted molar refractivity (Wildman–Crippen MR) is 125 cm³/mol. The number of thiazole rings is 1. The number of aromatic hydroxyl groups is 1. The normalized spacial score (nSPS) is 20.6. The second-order valence-corrected chi connectivity index (χ2v) is 9.10. The summed E-state index contributed by atoms with van der Waals surface area (Å²) >= 11 is 1.30. The fourth-order valence-corrected chi connectivity index (χ4v) is 4.36. The minimum Gasteiger partial charge on any atom is -0.508 e. The van der Waals surface area contributed by atoms with E-state index in [9.17, 15) is 19.5 Å². The Bertz CT molecular complexity index is 1200. The lowest BCUT2D eigenvalue weighted by Crippen LogP contribution is -2.60. The van der Waals surface area contributed by atoms with Gasteiger partial charge in [0.2, 0.25) is 5.91 Å². The van der Waals surface area contributed by atoms with E-state index in [1.54, 1.807) is 49.8 Å². The molecule has 4 rings (SSSR count). The van der Waals surface area contributed by atoms with Crippen LogP contribution in [0.4, 0.5) is 0 Å². The average Bonchev–Trinajstić information content (AvgIpc) is 3.42. The largest absolute Gasteiger partial charge is 0.508 e. The first-order chi connectivity index (χ1) is 16.3. The number of nitrogens with one attached hydrogen (secondary N) is 2. The van der Waals surface area contributed by atoms with E-state index in [-0.39, 0.29) is 30.3 Å². The summed E-state index contributed by atoms with van der Waals surface area (Å²) in [5.74, 6) is -1.17. The number of phenolic OH excluding ortho intramolecular Hbond substituents is 1. The Kier molecular flexibility index (Phi) is 6.71. The number of hydrogen-bond acceptors (Lipinski definition) is 8. The maximum atomic E-state index is 13.3. The summed E-state index contributed by atoms with van der Waals surface area (Å²) in [6.07, 6.45) is 2.95. The van der Waals surface area contributed by atoms with Crippen molar-refractivity contribution < 1.29 is 24.2 Å². The lowest BCUT2D eigenvalue weighted by atomic mass is 9.92. The molecule has 9 nitrogen and oxygen atoms in total. The minimum absolute atomic E-state index is 0.0805. The van der Waals surface area contributed by atoms with Gasteiger partial charge in [-0.25, -0.2) is 4.98 Å². The molecule has 1 aromatic carbocycles. The Hall–Kier alpha value is -3.63. The van der Waals surface area contributed by atoms with Crippen LogP contribution in [0, 0.1) is 0 Å². The van der Waals surface area contributed by atoms with Crippen molar-refractivity contribution in [1.29, 1.82) is 0 Å². The number of aromatic nitrogens is 2. The number of pyridine rings is 1. The molecule has 0 unspecified atom stereocenters. The van der Waals surface area contributed by atoms with E-state index in [1.807, 2.05) is 6.07 Å². The molecule has 2 aromatic heterocycles. The van der Waals surface area contributed by atoms with Crippen molar-refractivity contribution in [3.63, 3.8) is 0 Å². The zero-order chi connectivity index (χ0) is 24.3. The molecule has 2 amide bonds. The zero-order valence-corrected chi connectivity index (χ0v) is 19.5. The highest BCUT2D eigenvalue weighted by Crippen LogP contribution is 2.24. The van der Waals surface area contributed by atoms with Gasteiger partial charge in [0.1, 0.15) is 34.6 Å². The number of amides is 2. The molecule has 1 aliphatic rings. The van der Waals surface area contributed by atoms with E-state index in [0.717, 1.165) is 11.1 Å². The molecular formula is C24H24N4O5S. The number of carbonyl (C=O) groups is 3. The average molecular weight is 481 g/mol. The summed E-state index contributed by atoms with van der Waals surface area (Å²) in [5.41, 5.74) is 0.488. The molecule has 34 heavy (non-hydrogen) atoms. The Balaban J connectivity index is 1.54. The number of hydrogen-bond donors (Lipinski definition) is 3. The van der Waals surface area contributed by atoms with Crippen molar-refractivity contribution in [2.75, 3.05) is 6.61 Å². The second kappa shape index (κ2) is 9.70. The van der Waals surface area contributed by atoms with Crippen molar-refractivity contribution >= 4 is 28.9 Å². The summed E-state index contributed by atoms with van der Waals surface area (Å²) in [6.45, 7) is 3.25. The fourth-order valence-electron chi connectivity index (χ4n) is 3.57. The maximum Gasteiger partial charge on any atom is 0.271 e. The van der Waals surface area contributed by atoms with E-state index < -0.39 is 29.5 Å². The van der Waals surface area contributed by atoms with Crippen molar-refractivity contribution in [1.82, 2.24) is 20.6 Å². The van der Waals surface area contributed by atoms with Gasteiger partial charge < -0.3 is 20.5 Å². The molecule has 1 aliphatic heterocycles. The molecule has 0 spiro atoms. The Morgan fingerprint density at radius 2 is 2.06 bits per heavy atom. The summed E-state index contributed by atoms with van der Waals surface area (Å²) in [6, 6.07) is 8.98. The number of nitrogens with zero attached hydrogens (tertiary/aromatic N) is 2. The van der Waals surface area contributed by atoms with Crippen LogP contribution in [0.15, 0.2) is 54.2 Å². The number of ether oxygens (including phenoxy) is 1. The number of carbonyl (C=O) groups excluding carboxylic acids is 3. The Morgan fingerprint density at radius 1 is 1.29 bits per heavy atom. The molecule has 3 aromatic rings. The molecular weight excluding hydrogens is 456 g/mol. The van der Waals surface area contributed by atoms with Crippen LogP contribution >= 0.6 is 11.3 Å². The first kappa shape index (κ1) is 23.5. The molecule has 3 heterocycles. The first-order valence-corrected chi connectivity index (χ1v) is 11.6. The third-order valence-corrected chi connectivity index (χ3v) is 6.77. The highest BCUT2D eigenvalue weighted by Gasteiger charge is 2.47. The van der Waals surface area contributed by atoms with Gasteiger partial charge in [0.15, 0.2) is 5.78 Å². The molecule has 0 aliphatic carbocycles. The highest BCUT2D eigenvalue weighted by molar-refractivity contribution is 7.13. The number of Topliss-reactive ketones (excluding diaryl/α,β-unsaturated/α-hetero) is 1. The van der Waals surface area contributed by atoms with Gasteiger partial charge in [0, 0.05) is 29.8 Å². The van der Waals surface area contributed by atoms with Crippen LogP contribution in [0.1, 0.15) is 29.9 Å². The van der Waals surface area contributed by atoms with Gasteiger partial charge >= 0.3 is 0 Å². The van der Waals surface area contributed by atoms with Gasteiger partial charge in [-0.3, -0.25) is 19.4 Å². The third kappa shape index (κ3) is 4.97. The molecule has 10 heteroatoms. The van der Waals surface area contributed by atoms with E-state index in [4.69, 9.17) is 4.74 Å². The molecule has 0 bridgehead atoms. The van der Waals surface area contributed by atoms with E-state index in [1.165, 1.54) is 23.5 Å². The van der Waals surface area contributed by atoms with Crippen LogP contribution in [-0.2, 0) is 20.7 Å². The van der Waals surface area contributed by atoms with Gasteiger partial charge in [0.05, 0.1) is 6.10 Å². The Morgan fingerprint density at radius 3 is 2.71 bits per heavy atom. The van der Waals surface area contributed by atoms with Crippen LogP contribution in [-0.4, -0.2) is 57.0 Å². The summed E-state index contributed by atoms with van der Waals surface area (Å²) in [4.78, 5) is 47.1. The van der Waals surface area contributed by atoms with Crippen LogP contribution in [0.3, 0.4) is 0 Å². The van der Waals surface area contributed by atoms with Crippen LogP contribution in [0.2, 0.25) is 0 Å². The summed E-state index contributed by atoms with van der Waals surface area (Å²) < 4.78 is 5.39. The minimum atomic E-state index is -1.19. The fraction of sp³-hybridized carbons (Fsp3) is 0.292. The maximum absolute atomic E-state index is 13.3. The summed E-state index contributed by atoms with van der Waals surface area (Å²) in [5, 5.41) is 17.3. The monoisotopic (exact) mass is 480 g/mol. The summed E-state index contributed by atoms with van der Waals surface area (Å²) in [7, 11) is 0. The van der Waals surface area contributed by atoms with Crippen molar-refractivity contribution in [3.8, 4) is 16.3 Å². The van der Waals surface area contributed by atoms with Gasteiger partial charge in [-0.05, 0) is 43.7 Å². The van der Waals surface area contributed by atoms with Crippen LogP contribution in [0.25, 0.3) is 10.6 Å². The molecule has 176 valence electrons. The van der Waals surface area contributed by atoms with E-state index in [0.29, 0.717) is 5.01 Å². The molecule has 0 saturated carbocycles. The highest BCUT2D eigenvalue weighted by atomic mass is 32.1. The molecule has 3 N–H and O–H groups in total. The molecule has 1 saturated heterocycles. The number of rotatable bonds is 7. The first-order valence-electron chi connectivity index (χ1n) is 10.7. The zero-order valence-electron chi connectivity index (χ0n) is 18.6. The molecule has 0 radical (unpaired) electrons. The lowest BCUT2D eigenvalue weighted by Gasteiger charge is -2.29. The van der Waals surface area contributed by atoms with Crippen molar-refractivity contribution in [3.05, 3.63) is 65.4 Å². The topological polar surface area (TPSA) is 131 Å². The van der Waals surface area contributed by atoms with Crippen LogP contribution < -0.4 is 10.6 Å². The third-order valence-electron chi connectivity index (χ3n) is 5.88. The smallest absolute Gasteiger partial charge is 0.271 e. The van der Waals surface area contributed by atoms with Gasteiger partial charge in [0.25, 0.3) is 5.91 Å².